The van der Waals surface area contributed by atoms with Gasteiger partial charge < -0.3 is 11.1 Å². The Hall–Kier alpha value is -1.35. The largest absolute Gasteiger partial charge is 0.352 e. The molecule has 2 unspecified atom stereocenters. The zero-order valence-corrected chi connectivity index (χ0v) is 13.1. The van der Waals surface area contributed by atoms with Crippen LogP contribution in [0.4, 0.5) is 0 Å². The fourth-order valence-electron chi connectivity index (χ4n) is 3.18. The highest BCUT2D eigenvalue weighted by atomic mass is 16.2. The lowest BCUT2D eigenvalue weighted by atomic mass is 9.84. The molecule has 0 aliphatic heterocycles. The van der Waals surface area contributed by atoms with Crippen LogP contribution < -0.4 is 11.1 Å². The van der Waals surface area contributed by atoms with Crippen molar-refractivity contribution in [1.82, 2.24) is 5.32 Å². The number of rotatable bonds is 6. The molecule has 1 fully saturated rings. The van der Waals surface area contributed by atoms with E-state index in [1.807, 2.05) is 18.2 Å². The lowest BCUT2D eigenvalue weighted by Gasteiger charge is -2.29. The van der Waals surface area contributed by atoms with E-state index in [2.05, 4.69) is 24.4 Å². The highest BCUT2D eigenvalue weighted by molar-refractivity contribution is 5.81. The summed E-state index contributed by atoms with van der Waals surface area (Å²) >= 11 is 0. The minimum absolute atomic E-state index is 0.00371. The quantitative estimate of drug-likeness (QED) is 0.845. The zero-order chi connectivity index (χ0) is 15.1. The average Bonchev–Trinajstić information content (AvgIpc) is 2.54. The van der Waals surface area contributed by atoms with Crippen molar-refractivity contribution < 1.29 is 4.79 Å². The molecular formula is C18H28N2O. The Balaban J connectivity index is 1.74. The lowest BCUT2D eigenvalue weighted by Crippen LogP contribution is -2.47. The van der Waals surface area contributed by atoms with Crippen LogP contribution >= 0.6 is 0 Å². The molecule has 3 N–H and O–H groups in total. The molecule has 1 aliphatic rings. The Morgan fingerprint density at radius 3 is 2.57 bits per heavy atom. The first-order valence-corrected chi connectivity index (χ1v) is 8.26. The van der Waals surface area contributed by atoms with Crippen LogP contribution in [0.15, 0.2) is 30.3 Å². The van der Waals surface area contributed by atoms with Crippen LogP contribution in [0.25, 0.3) is 0 Å². The van der Waals surface area contributed by atoms with E-state index in [0.717, 1.165) is 6.42 Å². The van der Waals surface area contributed by atoms with Crippen molar-refractivity contribution in [2.75, 3.05) is 0 Å². The van der Waals surface area contributed by atoms with Crippen LogP contribution in [0.3, 0.4) is 0 Å². The van der Waals surface area contributed by atoms with Gasteiger partial charge in [-0.1, -0.05) is 49.6 Å². The van der Waals surface area contributed by atoms with Crippen LogP contribution in [-0.2, 0) is 11.2 Å². The van der Waals surface area contributed by atoms with E-state index < -0.39 is 6.04 Å². The molecule has 21 heavy (non-hydrogen) atoms. The third kappa shape index (κ3) is 5.16. The van der Waals surface area contributed by atoms with Crippen molar-refractivity contribution in [1.29, 1.82) is 0 Å². The Labute approximate surface area is 128 Å². The van der Waals surface area contributed by atoms with Crippen LogP contribution in [0.2, 0.25) is 0 Å². The molecule has 1 aromatic carbocycles. The van der Waals surface area contributed by atoms with Gasteiger partial charge in [0.05, 0.1) is 6.04 Å². The van der Waals surface area contributed by atoms with E-state index in [9.17, 15) is 4.79 Å². The first-order valence-electron chi connectivity index (χ1n) is 8.26. The minimum Gasteiger partial charge on any atom is -0.352 e. The van der Waals surface area contributed by atoms with Gasteiger partial charge in [0.1, 0.15) is 0 Å². The second-order valence-corrected chi connectivity index (χ2v) is 6.33. The summed E-state index contributed by atoms with van der Waals surface area (Å²) in [7, 11) is 0. The number of nitrogens with one attached hydrogen (secondary N) is 1. The smallest absolute Gasteiger partial charge is 0.237 e. The number of carbonyl (C=O) groups is 1. The molecule has 1 amide bonds. The summed E-state index contributed by atoms with van der Waals surface area (Å²) in [4.78, 5) is 12.2. The average molecular weight is 288 g/mol. The van der Waals surface area contributed by atoms with Crippen LogP contribution in [-0.4, -0.2) is 18.0 Å². The van der Waals surface area contributed by atoms with Crippen LogP contribution in [0, 0.1) is 5.92 Å². The zero-order valence-electron chi connectivity index (χ0n) is 13.1. The molecule has 2 atom stereocenters. The molecule has 0 heterocycles. The molecule has 116 valence electrons. The van der Waals surface area contributed by atoms with Crippen molar-refractivity contribution in [2.24, 2.45) is 11.7 Å². The molecule has 3 nitrogen and oxygen atoms in total. The molecule has 0 radical (unpaired) electrons. The van der Waals surface area contributed by atoms with Gasteiger partial charge in [0, 0.05) is 6.04 Å². The van der Waals surface area contributed by atoms with Crippen molar-refractivity contribution in [3.05, 3.63) is 35.9 Å². The van der Waals surface area contributed by atoms with Gasteiger partial charge in [-0.2, -0.15) is 0 Å². The van der Waals surface area contributed by atoms with Gasteiger partial charge in [-0.15, -0.1) is 0 Å². The molecule has 0 spiro atoms. The minimum atomic E-state index is -0.406. The fraction of sp³-hybridized carbons (Fsp3) is 0.611. The standard InChI is InChI=1S/C18H28N2O/c1-14(16-10-6-3-7-11-16)20-18(21)17(19)13-12-15-8-4-2-5-9-15/h2,4-5,8-9,14,16-17H,3,6-7,10-13,19H2,1H3,(H,20,21). The summed E-state index contributed by atoms with van der Waals surface area (Å²) in [6.07, 6.45) is 7.96. The Morgan fingerprint density at radius 2 is 1.90 bits per heavy atom. The van der Waals surface area contributed by atoms with Crippen molar-refractivity contribution in [2.45, 2.75) is 64.0 Å². The maximum Gasteiger partial charge on any atom is 0.237 e. The molecular weight excluding hydrogens is 260 g/mol. The number of benzene rings is 1. The maximum absolute atomic E-state index is 12.2. The number of amides is 1. The van der Waals surface area contributed by atoms with Crippen molar-refractivity contribution in [3.63, 3.8) is 0 Å². The highest BCUT2D eigenvalue weighted by Crippen LogP contribution is 2.26. The Morgan fingerprint density at radius 1 is 1.24 bits per heavy atom. The fourth-order valence-corrected chi connectivity index (χ4v) is 3.18. The van der Waals surface area contributed by atoms with Crippen LogP contribution in [0.1, 0.15) is 51.0 Å². The second kappa shape index (κ2) is 8.18. The van der Waals surface area contributed by atoms with Gasteiger partial charge in [-0.3, -0.25) is 4.79 Å². The number of hydrogen-bond acceptors (Lipinski definition) is 2. The van der Waals surface area contributed by atoms with Gasteiger partial charge in [-0.25, -0.2) is 0 Å². The molecule has 1 aliphatic carbocycles. The number of hydrogen-bond donors (Lipinski definition) is 2. The number of aryl methyl sites for hydroxylation is 1. The molecule has 3 heteroatoms. The van der Waals surface area contributed by atoms with E-state index in [0.29, 0.717) is 12.3 Å². The van der Waals surface area contributed by atoms with E-state index in [-0.39, 0.29) is 11.9 Å². The summed E-state index contributed by atoms with van der Waals surface area (Å²) in [5.41, 5.74) is 7.27. The Bertz CT molecular complexity index is 426. The van der Waals surface area contributed by atoms with Gasteiger partial charge in [-0.05, 0) is 44.1 Å². The topological polar surface area (TPSA) is 55.1 Å². The van der Waals surface area contributed by atoms with Crippen molar-refractivity contribution in [3.8, 4) is 0 Å². The number of carbonyl (C=O) groups excluding carboxylic acids is 1. The van der Waals surface area contributed by atoms with Gasteiger partial charge in [0.2, 0.25) is 5.91 Å². The molecule has 2 rings (SSSR count). The van der Waals surface area contributed by atoms with Crippen molar-refractivity contribution >= 4 is 5.91 Å². The monoisotopic (exact) mass is 288 g/mol. The maximum atomic E-state index is 12.2. The van der Waals surface area contributed by atoms with E-state index in [4.69, 9.17) is 5.73 Å². The molecule has 0 aromatic heterocycles. The third-order valence-electron chi connectivity index (χ3n) is 4.65. The number of nitrogens with two attached hydrogens (primary N) is 1. The summed E-state index contributed by atoms with van der Waals surface area (Å²) in [5.74, 6) is 0.632. The van der Waals surface area contributed by atoms with E-state index >= 15 is 0 Å². The summed E-state index contributed by atoms with van der Waals surface area (Å²) in [5, 5.41) is 3.12. The van der Waals surface area contributed by atoms with Crippen LogP contribution in [0.5, 0.6) is 0 Å². The SMILES string of the molecule is CC(NC(=O)C(N)CCc1ccccc1)C1CCCCC1. The summed E-state index contributed by atoms with van der Waals surface area (Å²) in [6, 6.07) is 10.0. The van der Waals surface area contributed by atoms with Gasteiger partial charge >= 0.3 is 0 Å². The molecule has 0 bridgehead atoms. The normalized spacial score (nSPS) is 19.0. The molecule has 1 saturated carbocycles. The summed E-state index contributed by atoms with van der Waals surface area (Å²) < 4.78 is 0. The first kappa shape index (κ1) is 16.0. The second-order valence-electron chi connectivity index (χ2n) is 6.33. The predicted molar refractivity (Wildman–Crippen MR) is 86.9 cm³/mol. The lowest BCUT2D eigenvalue weighted by molar-refractivity contribution is -0.123. The Kier molecular flexibility index (Phi) is 6.24. The van der Waals surface area contributed by atoms with Gasteiger partial charge in [0.25, 0.3) is 0 Å². The summed E-state index contributed by atoms with van der Waals surface area (Å²) in [6.45, 7) is 2.12. The third-order valence-corrected chi connectivity index (χ3v) is 4.65. The first-order chi connectivity index (χ1) is 10.2. The molecule has 1 aromatic rings. The predicted octanol–water partition coefficient (Wildman–Crippen LogP) is 3.03. The molecule has 0 saturated heterocycles. The van der Waals surface area contributed by atoms with E-state index in [1.54, 1.807) is 0 Å². The highest BCUT2D eigenvalue weighted by Gasteiger charge is 2.23. The van der Waals surface area contributed by atoms with Gasteiger partial charge in [0.15, 0.2) is 0 Å². The van der Waals surface area contributed by atoms with E-state index in [1.165, 1.54) is 37.7 Å².